The number of likely N-dealkylation sites (N-methyl/N-ethyl adjacent to an activating group) is 1. The lowest BCUT2D eigenvalue weighted by Crippen LogP contribution is -2.53. The molecule has 1 atom stereocenters. The zero-order valence-electron chi connectivity index (χ0n) is 25.7. The SMILES string of the molecule is CCOc1ccc(N(CC(=O)N(Cc2ccc(Cl)cc2Cl)[C@@H](Cc2ccccc2)C(=O)NC)S(=O)(=O)c2ccc(SC)cc2)cc1. The molecule has 242 valence electrons. The first-order chi connectivity index (χ1) is 22.1. The molecule has 2 amide bonds. The molecule has 0 aliphatic carbocycles. The maximum atomic E-state index is 14.5. The van der Waals surface area contributed by atoms with E-state index < -0.39 is 34.4 Å². The molecule has 1 N–H and O–H groups in total. The minimum atomic E-state index is -4.24. The van der Waals surface area contributed by atoms with E-state index in [0.717, 1.165) is 14.8 Å². The molecule has 12 heteroatoms. The number of carbonyl (C=O) groups excluding carboxylic acids is 2. The zero-order valence-corrected chi connectivity index (χ0v) is 28.8. The summed E-state index contributed by atoms with van der Waals surface area (Å²) in [7, 11) is -2.74. The summed E-state index contributed by atoms with van der Waals surface area (Å²) in [5.41, 5.74) is 1.63. The molecular weight excluding hydrogens is 665 g/mol. The molecule has 8 nitrogen and oxygen atoms in total. The summed E-state index contributed by atoms with van der Waals surface area (Å²) in [6.45, 7) is 1.63. The van der Waals surface area contributed by atoms with Crippen LogP contribution in [0.5, 0.6) is 5.75 Å². The van der Waals surface area contributed by atoms with Gasteiger partial charge in [-0.3, -0.25) is 13.9 Å². The Balaban J connectivity index is 1.80. The van der Waals surface area contributed by atoms with Crippen LogP contribution in [0.1, 0.15) is 18.1 Å². The highest BCUT2D eigenvalue weighted by Crippen LogP contribution is 2.29. The van der Waals surface area contributed by atoms with E-state index in [-0.39, 0.29) is 23.5 Å². The number of carbonyl (C=O) groups is 2. The molecule has 0 bridgehead atoms. The number of ether oxygens (including phenoxy) is 1. The summed E-state index contributed by atoms with van der Waals surface area (Å²) in [5.74, 6) is -0.458. The Bertz CT molecular complexity index is 1740. The number of thioether (sulfide) groups is 1. The first-order valence-corrected chi connectivity index (χ1v) is 17.9. The van der Waals surface area contributed by atoms with Crippen molar-refractivity contribution >= 4 is 62.5 Å². The molecule has 0 saturated heterocycles. The smallest absolute Gasteiger partial charge is 0.264 e. The fourth-order valence-corrected chi connectivity index (χ4v) is 7.12. The van der Waals surface area contributed by atoms with Gasteiger partial charge in [0.15, 0.2) is 0 Å². The van der Waals surface area contributed by atoms with Crippen LogP contribution < -0.4 is 14.4 Å². The van der Waals surface area contributed by atoms with Gasteiger partial charge in [-0.05, 0) is 85.0 Å². The Morgan fingerprint density at radius 1 is 0.935 bits per heavy atom. The molecule has 0 unspecified atom stereocenters. The number of sulfonamides is 1. The van der Waals surface area contributed by atoms with Crippen LogP contribution in [0.4, 0.5) is 5.69 Å². The van der Waals surface area contributed by atoms with Gasteiger partial charge >= 0.3 is 0 Å². The van der Waals surface area contributed by atoms with E-state index in [1.54, 1.807) is 54.6 Å². The minimum absolute atomic E-state index is 0.0198. The van der Waals surface area contributed by atoms with Gasteiger partial charge in [0.2, 0.25) is 11.8 Å². The number of amides is 2. The fourth-order valence-electron chi connectivity index (χ4n) is 4.83. The number of rotatable bonds is 14. The molecule has 0 spiro atoms. The molecular formula is C34H35Cl2N3O5S2. The predicted molar refractivity (Wildman–Crippen MR) is 185 cm³/mol. The van der Waals surface area contributed by atoms with Crippen LogP contribution in [0.25, 0.3) is 0 Å². The van der Waals surface area contributed by atoms with Crippen LogP contribution in [0.2, 0.25) is 10.0 Å². The van der Waals surface area contributed by atoms with E-state index in [1.807, 2.05) is 43.5 Å². The van der Waals surface area contributed by atoms with Gasteiger partial charge in [0.05, 0.1) is 17.2 Å². The Kier molecular flexibility index (Phi) is 12.4. The molecule has 0 fully saturated rings. The summed E-state index contributed by atoms with van der Waals surface area (Å²) in [4.78, 5) is 30.2. The van der Waals surface area contributed by atoms with Crippen molar-refractivity contribution in [1.29, 1.82) is 0 Å². The first-order valence-electron chi connectivity index (χ1n) is 14.5. The molecule has 0 radical (unpaired) electrons. The van der Waals surface area contributed by atoms with Crippen molar-refractivity contribution in [3.8, 4) is 5.75 Å². The second-order valence-corrected chi connectivity index (χ2v) is 13.8. The van der Waals surface area contributed by atoms with E-state index in [0.29, 0.717) is 28.0 Å². The van der Waals surface area contributed by atoms with Crippen LogP contribution in [-0.2, 0) is 32.6 Å². The second-order valence-electron chi connectivity index (χ2n) is 10.2. The highest BCUT2D eigenvalue weighted by Gasteiger charge is 2.34. The molecule has 0 aliphatic rings. The summed E-state index contributed by atoms with van der Waals surface area (Å²) < 4.78 is 35.0. The zero-order chi connectivity index (χ0) is 33.3. The summed E-state index contributed by atoms with van der Waals surface area (Å²) in [6.07, 6.45) is 2.08. The number of anilines is 1. The maximum Gasteiger partial charge on any atom is 0.264 e. The number of halogens is 2. The Labute approximate surface area is 284 Å². The van der Waals surface area contributed by atoms with Gasteiger partial charge in [-0.25, -0.2) is 8.42 Å². The Morgan fingerprint density at radius 2 is 1.61 bits per heavy atom. The quantitative estimate of drug-likeness (QED) is 0.147. The van der Waals surface area contributed by atoms with Crippen molar-refractivity contribution in [3.05, 3.63) is 118 Å². The largest absolute Gasteiger partial charge is 0.494 e. The number of nitrogens with zero attached hydrogens (tertiary/aromatic N) is 2. The molecule has 0 aromatic heterocycles. The Morgan fingerprint density at radius 3 is 2.20 bits per heavy atom. The van der Waals surface area contributed by atoms with E-state index in [2.05, 4.69) is 5.32 Å². The highest BCUT2D eigenvalue weighted by molar-refractivity contribution is 7.98. The topological polar surface area (TPSA) is 96.0 Å². The van der Waals surface area contributed by atoms with E-state index in [1.165, 1.54) is 35.8 Å². The number of nitrogens with one attached hydrogen (secondary N) is 1. The Hall–Kier alpha value is -3.70. The minimum Gasteiger partial charge on any atom is -0.494 e. The van der Waals surface area contributed by atoms with Gasteiger partial charge in [0, 0.05) is 35.0 Å². The van der Waals surface area contributed by atoms with Crippen molar-refractivity contribution in [2.75, 3.05) is 30.8 Å². The molecule has 46 heavy (non-hydrogen) atoms. The maximum absolute atomic E-state index is 14.5. The standard InChI is InChI=1S/C34H35Cl2N3O5S2/c1-4-44-28-14-12-27(13-15-28)39(46(42,43)30-18-16-29(45-3)17-19-30)23-33(40)38(22-25-10-11-26(35)21-31(25)36)32(34(41)37-2)20-24-8-6-5-7-9-24/h5-19,21,32H,4,20,22-23H2,1-3H3,(H,37,41)/t32-/m0/s1. The average Bonchev–Trinajstić information content (AvgIpc) is 3.06. The summed E-state index contributed by atoms with van der Waals surface area (Å²) in [5, 5.41) is 3.39. The van der Waals surface area contributed by atoms with Gasteiger partial charge < -0.3 is 15.0 Å². The highest BCUT2D eigenvalue weighted by atomic mass is 35.5. The lowest BCUT2D eigenvalue weighted by atomic mass is 10.0. The van der Waals surface area contributed by atoms with Crippen molar-refractivity contribution in [2.24, 2.45) is 0 Å². The van der Waals surface area contributed by atoms with Crippen molar-refractivity contribution in [3.63, 3.8) is 0 Å². The van der Waals surface area contributed by atoms with Crippen LogP contribution in [0.3, 0.4) is 0 Å². The summed E-state index contributed by atoms with van der Waals surface area (Å²) >= 11 is 14.2. The third kappa shape index (κ3) is 8.76. The van der Waals surface area contributed by atoms with Crippen LogP contribution in [0.15, 0.2) is 107 Å². The number of hydrogen-bond acceptors (Lipinski definition) is 6. The molecule has 4 aromatic carbocycles. The fraction of sp³-hybridized carbons (Fsp3) is 0.235. The number of hydrogen-bond donors (Lipinski definition) is 1. The molecule has 4 aromatic rings. The monoisotopic (exact) mass is 699 g/mol. The van der Waals surface area contributed by atoms with Gasteiger partial charge in [-0.2, -0.15) is 0 Å². The second kappa shape index (κ2) is 16.2. The molecule has 0 heterocycles. The lowest BCUT2D eigenvalue weighted by molar-refractivity contribution is -0.139. The van der Waals surface area contributed by atoms with Gasteiger partial charge in [-0.1, -0.05) is 59.6 Å². The van der Waals surface area contributed by atoms with Crippen molar-refractivity contribution in [1.82, 2.24) is 10.2 Å². The average molecular weight is 701 g/mol. The third-order valence-electron chi connectivity index (χ3n) is 7.24. The number of benzene rings is 4. The normalized spacial score (nSPS) is 11.8. The molecule has 0 saturated carbocycles. The third-order valence-corrected chi connectivity index (χ3v) is 10.4. The van der Waals surface area contributed by atoms with Crippen molar-refractivity contribution < 1.29 is 22.7 Å². The lowest BCUT2D eigenvalue weighted by Gasteiger charge is -2.33. The molecule has 0 aliphatic heterocycles. The van der Waals surface area contributed by atoms with Gasteiger partial charge in [0.25, 0.3) is 10.0 Å². The molecule has 4 rings (SSSR count). The van der Waals surface area contributed by atoms with Crippen LogP contribution in [-0.4, -0.2) is 57.6 Å². The van der Waals surface area contributed by atoms with E-state index >= 15 is 0 Å². The van der Waals surface area contributed by atoms with E-state index in [4.69, 9.17) is 27.9 Å². The summed E-state index contributed by atoms with van der Waals surface area (Å²) in [6, 6.07) is 26.1. The van der Waals surface area contributed by atoms with Gasteiger partial charge in [0.1, 0.15) is 18.3 Å². The van der Waals surface area contributed by atoms with E-state index in [9.17, 15) is 18.0 Å². The predicted octanol–water partition coefficient (Wildman–Crippen LogP) is 6.70. The van der Waals surface area contributed by atoms with Crippen molar-refractivity contribution in [2.45, 2.75) is 35.7 Å². The van der Waals surface area contributed by atoms with Crippen LogP contribution in [0, 0.1) is 0 Å². The van der Waals surface area contributed by atoms with Crippen LogP contribution >= 0.6 is 35.0 Å². The first kappa shape index (κ1) is 35.2. The van der Waals surface area contributed by atoms with Gasteiger partial charge in [-0.15, -0.1) is 11.8 Å².